The molecular formula is C25H30Cl2N2O. The quantitative estimate of drug-likeness (QED) is 0.506. The van der Waals surface area contributed by atoms with Crippen LogP contribution in [0.2, 0.25) is 5.02 Å². The third-order valence-corrected chi connectivity index (χ3v) is 6.82. The first-order chi connectivity index (χ1) is 14.1. The van der Waals surface area contributed by atoms with Gasteiger partial charge in [0.1, 0.15) is 0 Å². The molecular weight excluding hydrogens is 415 g/mol. The molecule has 0 saturated heterocycles. The molecule has 0 bridgehead atoms. The van der Waals surface area contributed by atoms with E-state index in [0.29, 0.717) is 0 Å². The molecule has 30 heavy (non-hydrogen) atoms. The predicted octanol–water partition coefficient (Wildman–Crippen LogP) is 6.32. The Morgan fingerprint density at radius 3 is 2.57 bits per heavy atom. The van der Waals surface area contributed by atoms with Gasteiger partial charge < -0.3 is 5.32 Å². The molecule has 1 atom stereocenters. The van der Waals surface area contributed by atoms with Gasteiger partial charge in [-0.3, -0.25) is 9.69 Å². The van der Waals surface area contributed by atoms with Crippen molar-refractivity contribution >= 4 is 41.2 Å². The maximum Gasteiger partial charge on any atom is 0.235 e. The average molecular weight is 445 g/mol. The number of rotatable bonds is 7. The van der Waals surface area contributed by atoms with Crippen LogP contribution in [0.3, 0.4) is 0 Å². The summed E-state index contributed by atoms with van der Waals surface area (Å²) in [6, 6.07) is 16.3. The van der Waals surface area contributed by atoms with Crippen molar-refractivity contribution in [1.82, 2.24) is 4.90 Å². The van der Waals surface area contributed by atoms with Crippen molar-refractivity contribution in [3.05, 3.63) is 70.8 Å². The van der Waals surface area contributed by atoms with E-state index in [4.69, 9.17) is 11.6 Å². The lowest BCUT2D eigenvalue weighted by Crippen LogP contribution is -2.34. The van der Waals surface area contributed by atoms with Crippen molar-refractivity contribution in [2.45, 2.75) is 44.4 Å². The van der Waals surface area contributed by atoms with Crippen LogP contribution >= 0.6 is 24.0 Å². The minimum absolute atomic E-state index is 0. The van der Waals surface area contributed by atoms with Crippen molar-refractivity contribution in [3.8, 4) is 0 Å². The van der Waals surface area contributed by atoms with Crippen molar-refractivity contribution < 1.29 is 4.79 Å². The van der Waals surface area contributed by atoms with E-state index in [1.165, 1.54) is 16.7 Å². The zero-order chi connectivity index (χ0) is 20.3. The highest BCUT2D eigenvalue weighted by atomic mass is 35.5. The minimum atomic E-state index is -0.347. The fourth-order valence-electron chi connectivity index (χ4n) is 4.75. The van der Waals surface area contributed by atoms with Crippen LogP contribution in [0.1, 0.15) is 50.2 Å². The number of benzene rings is 2. The third-order valence-electron chi connectivity index (χ3n) is 6.57. The summed E-state index contributed by atoms with van der Waals surface area (Å²) in [5.41, 5.74) is 4.53. The van der Waals surface area contributed by atoms with Crippen LogP contribution in [-0.2, 0) is 10.2 Å². The molecule has 3 nitrogen and oxygen atoms in total. The van der Waals surface area contributed by atoms with Crippen LogP contribution in [0.25, 0.3) is 5.57 Å². The average Bonchev–Trinajstić information content (AvgIpc) is 3.04. The maximum atomic E-state index is 12.7. The summed E-state index contributed by atoms with van der Waals surface area (Å²) < 4.78 is 0. The van der Waals surface area contributed by atoms with Gasteiger partial charge in [-0.1, -0.05) is 61.4 Å². The highest BCUT2D eigenvalue weighted by molar-refractivity contribution is 6.30. The Morgan fingerprint density at radius 2 is 1.87 bits per heavy atom. The summed E-state index contributed by atoms with van der Waals surface area (Å²) in [6.07, 6.45) is 7.40. The Kier molecular flexibility index (Phi) is 7.62. The summed E-state index contributed by atoms with van der Waals surface area (Å²) in [6.45, 7) is 5.32. The summed E-state index contributed by atoms with van der Waals surface area (Å²) in [4.78, 5) is 15.2. The Labute approximate surface area is 190 Å². The summed E-state index contributed by atoms with van der Waals surface area (Å²) in [7, 11) is 0. The van der Waals surface area contributed by atoms with E-state index in [2.05, 4.69) is 41.4 Å². The molecule has 0 spiro atoms. The molecule has 0 aliphatic carbocycles. The molecule has 2 aliphatic rings. The summed E-state index contributed by atoms with van der Waals surface area (Å²) in [5, 5.41) is 3.88. The lowest BCUT2D eigenvalue weighted by Gasteiger charge is -2.28. The van der Waals surface area contributed by atoms with Gasteiger partial charge in [-0.05, 0) is 67.1 Å². The largest absolute Gasteiger partial charge is 0.325 e. The van der Waals surface area contributed by atoms with E-state index in [0.717, 1.165) is 62.4 Å². The second kappa shape index (κ2) is 10.00. The Balaban J connectivity index is 0.00000256. The van der Waals surface area contributed by atoms with Crippen LogP contribution in [0.15, 0.2) is 54.6 Å². The van der Waals surface area contributed by atoms with E-state index < -0.39 is 0 Å². The summed E-state index contributed by atoms with van der Waals surface area (Å²) >= 11 is 6.00. The van der Waals surface area contributed by atoms with Gasteiger partial charge in [0, 0.05) is 23.8 Å². The number of nitrogens with one attached hydrogen (secondary N) is 1. The molecule has 2 heterocycles. The van der Waals surface area contributed by atoms with Crippen LogP contribution < -0.4 is 5.32 Å². The fourth-order valence-corrected chi connectivity index (χ4v) is 4.88. The normalized spacial score (nSPS) is 20.9. The second-order valence-electron chi connectivity index (χ2n) is 8.18. The zero-order valence-electron chi connectivity index (χ0n) is 17.5. The molecule has 0 radical (unpaired) electrons. The molecule has 0 fully saturated rings. The van der Waals surface area contributed by atoms with Gasteiger partial charge in [-0.15, -0.1) is 12.4 Å². The molecule has 5 heteroatoms. The first-order valence-electron chi connectivity index (χ1n) is 10.7. The van der Waals surface area contributed by atoms with Crippen LogP contribution in [0, 0.1) is 0 Å². The van der Waals surface area contributed by atoms with Crippen LogP contribution in [-0.4, -0.2) is 30.4 Å². The van der Waals surface area contributed by atoms with Crippen molar-refractivity contribution in [1.29, 1.82) is 0 Å². The minimum Gasteiger partial charge on any atom is -0.325 e. The molecule has 0 aromatic heterocycles. The van der Waals surface area contributed by atoms with Crippen molar-refractivity contribution in [3.63, 3.8) is 0 Å². The SMILES string of the molecule is CCC1(CCCCN2CC=C(c3ccc(Cl)cc3)CC2)C(=O)Nc2ccccc21.Cl. The number of nitrogens with zero attached hydrogens (tertiary/aromatic N) is 1. The predicted molar refractivity (Wildman–Crippen MR) is 129 cm³/mol. The number of unbranched alkanes of at least 4 members (excludes halogenated alkanes) is 1. The highest BCUT2D eigenvalue weighted by Gasteiger charge is 2.44. The van der Waals surface area contributed by atoms with Crippen LogP contribution in [0.4, 0.5) is 5.69 Å². The molecule has 4 rings (SSSR count). The van der Waals surface area contributed by atoms with Gasteiger partial charge in [-0.25, -0.2) is 0 Å². The topological polar surface area (TPSA) is 32.3 Å². The molecule has 1 N–H and O–H groups in total. The highest BCUT2D eigenvalue weighted by Crippen LogP contribution is 2.43. The van der Waals surface area contributed by atoms with E-state index in [9.17, 15) is 4.79 Å². The number of carbonyl (C=O) groups is 1. The molecule has 0 saturated carbocycles. The lowest BCUT2D eigenvalue weighted by atomic mass is 9.75. The first-order valence-corrected chi connectivity index (χ1v) is 11.1. The lowest BCUT2D eigenvalue weighted by molar-refractivity contribution is -0.121. The van der Waals surface area contributed by atoms with E-state index in [-0.39, 0.29) is 23.7 Å². The van der Waals surface area contributed by atoms with Crippen LogP contribution in [0.5, 0.6) is 0 Å². The molecule has 2 aromatic rings. The molecule has 2 aliphatic heterocycles. The number of hydrogen-bond donors (Lipinski definition) is 1. The Bertz CT molecular complexity index is 910. The Morgan fingerprint density at radius 1 is 1.10 bits per heavy atom. The summed E-state index contributed by atoms with van der Waals surface area (Å²) in [5.74, 6) is 0.176. The Hall–Kier alpha value is -1.81. The molecule has 1 unspecified atom stereocenters. The van der Waals surface area contributed by atoms with Crippen molar-refractivity contribution in [2.75, 3.05) is 25.0 Å². The van der Waals surface area contributed by atoms with Gasteiger partial charge in [0.2, 0.25) is 5.91 Å². The number of halogens is 2. The number of amides is 1. The number of para-hydroxylation sites is 1. The van der Waals surface area contributed by atoms with Gasteiger partial charge in [0.05, 0.1) is 5.41 Å². The van der Waals surface area contributed by atoms with Gasteiger partial charge >= 0.3 is 0 Å². The van der Waals surface area contributed by atoms with Crippen molar-refractivity contribution in [2.24, 2.45) is 0 Å². The van der Waals surface area contributed by atoms with Gasteiger partial charge in [0.15, 0.2) is 0 Å². The third kappa shape index (κ3) is 4.59. The monoisotopic (exact) mass is 444 g/mol. The smallest absolute Gasteiger partial charge is 0.235 e. The number of hydrogen-bond acceptors (Lipinski definition) is 2. The standard InChI is InChI=1S/C25H29ClN2O.ClH/c1-2-25(22-7-3-4-8-23(22)27-24(25)29)15-5-6-16-28-17-13-20(14-18-28)19-9-11-21(26)12-10-19;/h3-4,7-13H,2,5-6,14-18H2,1H3,(H,27,29);1H. The second-order valence-corrected chi connectivity index (χ2v) is 8.62. The molecule has 2 aromatic carbocycles. The molecule has 1 amide bonds. The first kappa shape index (κ1) is 22.9. The number of carbonyl (C=O) groups excluding carboxylic acids is 1. The number of anilines is 1. The van der Waals surface area contributed by atoms with E-state index in [1.807, 2.05) is 30.3 Å². The molecule has 160 valence electrons. The number of fused-ring (bicyclic) bond motifs is 1. The van der Waals surface area contributed by atoms with Gasteiger partial charge in [-0.2, -0.15) is 0 Å². The van der Waals surface area contributed by atoms with Gasteiger partial charge in [0.25, 0.3) is 0 Å². The van der Waals surface area contributed by atoms with E-state index in [1.54, 1.807) is 0 Å². The fraction of sp³-hybridized carbons (Fsp3) is 0.400. The van der Waals surface area contributed by atoms with E-state index >= 15 is 0 Å². The zero-order valence-corrected chi connectivity index (χ0v) is 19.1. The maximum absolute atomic E-state index is 12.7.